The van der Waals surface area contributed by atoms with Crippen molar-refractivity contribution in [3.05, 3.63) is 117 Å². The van der Waals surface area contributed by atoms with Crippen molar-refractivity contribution in [3.8, 4) is 34.3 Å². The lowest BCUT2D eigenvalue weighted by Gasteiger charge is -2.21. The SMILES string of the molecule is COC(=O)C[C@H](c1ccc(OCc2ccc(C(C)C)cc2)cc1)c1c(O)c(O)c(O)c2c(=O)cc(-c3ccccc3)oc12. The molecule has 1 atom stereocenters. The topological polar surface area (TPSA) is 126 Å². The summed E-state index contributed by atoms with van der Waals surface area (Å²) in [5, 5.41) is 32.1. The fraction of sp³-hybridized carbons (Fsp3) is 0.200. The third kappa shape index (κ3) is 6.04. The van der Waals surface area contributed by atoms with Gasteiger partial charge in [0.15, 0.2) is 16.9 Å². The molecule has 1 heterocycles. The van der Waals surface area contributed by atoms with Gasteiger partial charge in [0, 0.05) is 23.1 Å². The molecule has 0 radical (unpaired) electrons. The van der Waals surface area contributed by atoms with Crippen LogP contribution in [0.4, 0.5) is 0 Å². The maximum Gasteiger partial charge on any atom is 0.306 e. The van der Waals surface area contributed by atoms with Gasteiger partial charge in [-0.25, -0.2) is 0 Å². The quantitative estimate of drug-likeness (QED) is 0.126. The largest absolute Gasteiger partial charge is 0.504 e. The molecule has 3 N–H and O–H groups in total. The average Bonchev–Trinajstić information content (AvgIpc) is 3.02. The lowest BCUT2D eigenvalue weighted by atomic mass is 9.86. The summed E-state index contributed by atoms with van der Waals surface area (Å²) >= 11 is 0. The van der Waals surface area contributed by atoms with Crippen LogP contribution in [-0.4, -0.2) is 28.4 Å². The monoisotopic (exact) mass is 580 g/mol. The molecule has 0 amide bonds. The van der Waals surface area contributed by atoms with Crippen molar-refractivity contribution in [3.63, 3.8) is 0 Å². The minimum absolute atomic E-state index is 0.0375. The lowest BCUT2D eigenvalue weighted by molar-refractivity contribution is -0.140. The fourth-order valence-corrected chi connectivity index (χ4v) is 5.04. The number of fused-ring (bicyclic) bond motifs is 1. The van der Waals surface area contributed by atoms with Crippen molar-refractivity contribution >= 4 is 16.9 Å². The van der Waals surface area contributed by atoms with Gasteiger partial charge in [-0.05, 0) is 34.7 Å². The molecule has 0 aliphatic heterocycles. The summed E-state index contributed by atoms with van der Waals surface area (Å²) < 4.78 is 17.0. The molecule has 220 valence electrons. The zero-order valence-corrected chi connectivity index (χ0v) is 24.0. The Bertz CT molecular complexity index is 1800. The second-order valence-electron chi connectivity index (χ2n) is 10.6. The van der Waals surface area contributed by atoms with Crippen LogP contribution >= 0.6 is 0 Å². The Morgan fingerprint density at radius 1 is 0.837 bits per heavy atom. The Hall–Kier alpha value is -5.24. The van der Waals surface area contributed by atoms with E-state index in [1.54, 1.807) is 48.5 Å². The van der Waals surface area contributed by atoms with E-state index in [1.165, 1.54) is 18.7 Å². The molecule has 5 aromatic rings. The highest BCUT2D eigenvalue weighted by atomic mass is 16.5. The minimum Gasteiger partial charge on any atom is -0.504 e. The van der Waals surface area contributed by atoms with E-state index in [-0.39, 0.29) is 28.7 Å². The van der Waals surface area contributed by atoms with Gasteiger partial charge in [0.1, 0.15) is 29.1 Å². The normalized spacial score (nSPS) is 11.9. The van der Waals surface area contributed by atoms with Crippen LogP contribution in [0.2, 0.25) is 0 Å². The second-order valence-corrected chi connectivity index (χ2v) is 10.6. The molecule has 0 aliphatic rings. The molecule has 0 bridgehead atoms. The van der Waals surface area contributed by atoms with E-state index >= 15 is 0 Å². The Balaban J connectivity index is 1.57. The summed E-state index contributed by atoms with van der Waals surface area (Å²) in [6.07, 6.45) is -0.259. The number of methoxy groups -OCH3 is 1. The molecule has 8 nitrogen and oxygen atoms in total. The summed E-state index contributed by atoms with van der Waals surface area (Å²) in [6, 6.07) is 25.2. The van der Waals surface area contributed by atoms with Gasteiger partial charge in [0.2, 0.25) is 5.75 Å². The van der Waals surface area contributed by atoms with Crippen LogP contribution in [0.25, 0.3) is 22.3 Å². The molecule has 4 aromatic carbocycles. The highest BCUT2D eigenvalue weighted by Gasteiger charge is 2.31. The number of carbonyl (C=O) groups is 1. The first-order valence-electron chi connectivity index (χ1n) is 13.9. The van der Waals surface area contributed by atoms with Gasteiger partial charge >= 0.3 is 5.97 Å². The van der Waals surface area contributed by atoms with E-state index in [4.69, 9.17) is 13.9 Å². The van der Waals surface area contributed by atoms with Gasteiger partial charge in [-0.1, -0.05) is 80.6 Å². The first-order valence-corrected chi connectivity index (χ1v) is 13.9. The number of carbonyl (C=O) groups excluding carboxylic acids is 1. The van der Waals surface area contributed by atoms with E-state index < -0.39 is 34.6 Å². The number of phenols is 3. The number of esters is 1. The molecule has 0 saturated carbocycles. The van der Waals surface area contributed by atoms with Crippen LogP contribution in [-0.2, 0) is 16.1 Å². The zero-order chi connectivity index (χ0) is 30.7. The van der Waals surface area contributed by atoms with E-state index in [1.807, 2.05) is 18.2 Å². The second kappa shape index (κ2) is 12.3. The standard InChI is InChI=1S/C35H32O8/c1-20(2)22-11-9-21(10-12-22)19-42-25-15-13-23(14-16-25)26(17-29(37)41-3)30-32(38)34(40)33(39)31-27(36)18-28(43-35(30)31)24-7-5-4-6-8-24/h4-16,18,20,26,38-40H,17,19H2,1-3H3/t26-/m1/s1. The molecule has 0 unspecified atom stereocenters. The van der Waals surface area contributed by atoms with Crippen molar-refractivity contribution in [1.82, 2.24) is 0 Å². The van der Waals surface area contributed by atoms with Gasteiger partial charge in [-0.3, -0.25) is 9.59 Å². The fourth-order valence-electron chi connectivity index (χ4n) is 5.04. The molecule has 1 aromatic heterocycles. The summed E-state index contributed by atoms with van der Waals surface area (Å²) in [5.74, 6) is -2.74. The predicted molar refractivity (Wildman–Crippen MR) is 163 cm³/mol. The first-order chi connectivity index (χ1) is 20.7. The zero-order valence-electron chi connectivity index (χ0n) is 24.0. The van der Waals surface area contributed by atoms with Crippen LogP contribution in [0.15, 0.2) is 94.1 Å². The van der Waals surface area contributed by atoms with Crippen LogP contribution < -0.4 is 10.2 Å². The molecule has 5 rings (SSSR count). The molecule has 8 heteroatoms. The summed E-state index contributed by atoms with van der Waals surface area (Å²) in [6.45, 7) is 4.63. The van der Waals surface area contributed by atoms with Crippen LogP contribution in [0.3, 0.4) is 0 Å². The molecular formula is C35H32O8. The number of ether oxygens (including phenoxy) is 2. The van der Waals surface area contributed by atoms with E-state index in [0.29, 0.717) is 29.4 Å². The maximum absolute atomic E-state index is 13.2. The van der Waals surface area contributed by atoms with Crippen LogP contribution in [0.5, 0.6) is 23.0 Å². The lowest BCUT2D eigenvalue weighted by Crippen LogP contribution is -2.12. The Kier molecular flexibility index (Phi) is 8.39. The summed E-state index contributed by atoms with van der Waals surface area (Å²) in [4.78, 5) is 25.8. The number of rotatable bonds is 9. The Labute approximate surface area is 248 Å². The summed E-state index contributed by atoms with van der Waals surface area (Å²) in [7, 11) is 1.24. The van der Waals surface area contributed by atoms with Crippen LogP contribution in [0, 0.1) is 0 Å². The van der Waals surface area contributed by atoms with E-state index in [0.717, 1.165) is 5.56 Å². The van der Waals surface area contributed by atoms with Crippen molar-refractivity contribution < 1.29 is 34.0 Å². The van der Waals surface area contributed by atoms with E-state index in [2.05, 4.69) is 26.0 Å². The smallest absolute Gasteiger partial charge is 0.306 e. The third-order valence-electron chi connectivity index (χ3n) is 7.47. The van der Waals surface area contributed by atoms with E-state index in [9.17, 15) is 24.9 Å². The van der Waals surface area contributed by atoms with Crippen molar-refractivity contribution in [2.45, 2.75) is 38.7 Å². The molecule has 0 saturated heterocycles. The van der Waals surface area contributed by atoms with Crippen molar-refractivity contribution in [1.29, 1.82) is 0 Å². The number of benzene rings is 4. The highest BCUT2D eigenvalue weighted by Crippen LogP contribution is 2.49. The minimum atomic E-state index is -0.923. The molecule has 0 aliphatic carbocycles. The Morgan fingerprint density at radius 2 is 1.49 bits per heavy atom. The van der Waals surface area contributed by atoms with Gasteiger partial charge in [0.25, 0.3) is 0 Å². The van der Waals surface area contributed by atoms with Gasteiger partial charge in [-0.2, -0.15) is 0 Å². The highest BCUT2D eigenvalue weighted by molar-refractivity contribution is 5.93. The molecule has 0 fully saturated rings. The summed E-state index contributed by atoms with van der Waals surface area (Å²) in [5.41, 5.74) is 2.57. The number of hydrogen-bond acceptors (Lipinski definition) is 8. The van der Waals surface area contributed by atoms with Crippen LogP contribution in [0.1, 0.15) is 54.4 Å². The average molecular weight is 581 g/mol. The van der Waals surface area contributed by atoms with Gasteiger partial charge < -0.3 is 29.2 Å². The Morgan fingerprint density at radius 3 is 2.12 bits per heavy atom. The third-order valence-corrected chi connectivity index (χ3v) is 7.47. The number of hydrogen-bond donors (Lipinski definition) is 3. The number of phenolic OH excluding ortho intramolecular Hbond substituents is 3. The van der Waals surface area contributed by atoms with Gasteiger partial charge in [0.05, 0.1) is 13.5 Å². The van der Waals surface area contributed by atoms with Crippen molar-refractivity contribution in [2.24, 2.45) is 0 Å². The van der Waals surface area contributed by atoms with Gasteiger partial charge in [-0.15, -0.1) is 0 Å². The predicted octanol–water partition coefficient (Wildman–Crippen LogP) is 6.97. The molecular weight excluding hydrogens is 548 g/mol. The number of aromatic hydroxyl groups is 3. The maximum atomic E-state index is 13.2. The first kappa shape index (κ1) is 29.3. The molecule has 0 spiro atoms. The van der Waals surface area contributed by atoms with Crippen molar-refractivity contribution in [2.75, 3.05) is 7.11 Å². The molecule has 43 heavy (non-hydrogen) atoms.